The number of carbonyl (C=O) groups excluding carboxylic acids is 1. The lowest BCUT2D eigenvalue weighted by molar-refractivity contribution is 0.0927. The number of carbonyl (C=O) groups is 1. The van der Waals surface area contributed by atoms with Crippen LogP contribution >= 0.6 is 22.6 Å². The number of furan rings is 1. The number of rotatable bonds is 6. The van der Waals surface area contributed by atoms with Crippen LogP contribution in [0.5, 0.6) is 5.75 Å². The Hall–Kier alpha value is -2.61. The molecule has 6 heteroatoms. The lowest BCUT2D eigenvalue weighted by Gasteiger charge is -2.06. The third-order valence-electron chi connectivity index (χ3n) is 3.32. The molecular weight excluding hydrogens is 431 g/mol. The molecule has 1 amide bonds. The van der Waals surface area contributed by atoms with E-state index in [9.17, 15) is 4.79 Å². The van der Waals surface area contributed by atoms with Gasteiger partial charge in [-0.2, -0.15) is 5.10 Å². The lowest BCUT2D eigenvalue weighted by Crippen LogP contribution is -2.16. The van der Waals surface area contributed by atoms with Crippen LogP contribution in [0.25, 0.3) is 0 Å². The van der Waals surface area contributed by atoms with Gasteiger partial charge in [0.25, 0.3) is 0 Å². The normalized spacial score (nSPS) is 10.8. The summed E-state index contributed by atoms with van der Waals surface area (Å²) in [7, 11) is 0. The zero-order valence-electron chi connectivity index (χ0n) is 13.2. The van der Waals surface area contributed by atoms with E-state index >= 15 is 0 Å². The van der Waals surface area contributed by atoms with Gasteiger partial charge in [-0.15, -0.1) is 0 Å². The van der Waals surface area contributed by atoms with Crippen molar-refractivity contribution in [1.29, 1.82) is 0 Å². The molecule has 25 heavy (non-hydrogen) atoms. The van der Waals surface area contributed by atoms with Crippen LogP contribution in [-0.4, -0.2) is 12.1 Å². The maximum absolute atomic E-state index is 11.7. The molecule has 0 saturated heterocycles. The van der Waals surface area contributed by atoms with Crippen LogP contribution in [0.1, 0.15) is 21.7 Å². The van der Waals surface area contributed by atoms with E-state index in [-0.39, 0.29) is 5.76 Å². The van der Waals surface area contributed by atoms with Crippen molar-refractivity contribution >= 4 is 34.7 Å². The SMILES string of the molecule is O=C(N/N=C/c1ccc(OCc2ccc(I)cc2)cc1)c1ccco1. The van der Waals surface area contributed by atoms with E-state index < -0.39 is 5.91 Å². The van der Waals surface area contributed by atoms with E-state index in [4.69, 9.17) is 9.15 Å². The van der Waals surface area contributed by atoms with E-state index in [1.165, 1.54) is 9.83 Å². The number of nitrogens with zero attached hydrogens (tertiary/aromatic N) is 1. The first-order chi connectivity index (χ1) is 12.2. The summed E-state index contributed by atoms with van der Waals surface area (Å²) in [5.74, 6) is 0.602. The Balaban J connectivity index is 1.50. The third kappa shape index (κ3) is 5.18. The van der Waals surface area contributed by atoms with Crippen molar-refractivity contribution in [2.24, 2.45) is 5.10 Å². The Bertz CT molecular complexity index is 841. The third-order valence-corrected chi connectivity index (χ3v) is 4.04. The van der Waals surface area contributed by atoms with Gasteiger partial charge in [-0.25, -0.2) is 5.43 Å². The maximum Gasteiger partial charge on any atom is 0.307 e. The number of ether oxygens (including phenoxy) is 1. The van der Waals surface area contributed by atoms with Crippen LogP contribution in [-0.2, 0) is 6.61 Å². The summed E-state index contributed by atoms with van der Waals surface area (Å²) in [6.07, 6.45) is 3.00. The summed E-state index contributed by atoms with van der Waals surface area (Å²) in [6.45, 7) is 0.517. The fourth-order valence-electron chi connectivity index (χ4n) is 2.03. The van der Waals surface area contributed by atoms with Crippen LogP contribution in [0.4, 0.5) is 0 Å². The van der Waals surface area contributed by atoms with E-state index in [1.807, 2.05) is 36.4 Å². The van der Waals surface area contributed by atoms with Crippen LogP contribution in [0.3, 0.4) is 0 Å². The Morgan fingerprint density at radius 2 is 1.88 bits per heavy atom. The quantitative estimate of drug-likeness (QED) is 0.350. The number of benzene rings is 2. The van der Waals surface area contributed by atoms with Crippen LogP contribution in [0.15, 0.2) is 76.4 Å². The van der Waals surface area contributed by atoms with Gasteiger partial charge in [0.1, 0.15) is 12.4 Å². The first-order valence-electron chi connectivity index (χ1n) is 7.55. The Labute approximate surface area is 158 Å². The summed E-state index contributed by atoms with van der Waals surface area (Å²) in [6, 6.07) is 18.9. The zero-order chi connectivity index (χ0) is 17.5. The average molecular weight is 446 g/mol. The molecule has 3 rings (SSSR count). The maximum atomic E-state index is 11.7. The molecule has 1 aromatic heterocycles. The van der Waals surface area contributed by atoms with E-state index in [0.717, 1.165) is 16.9 Å². The second-order valence-corrected chi connectivity index (χ2v) is 6.41. The van der Waals surface area contributed by atoms with Gasteiger partial charge >= 0.3 is 5.91 Å². The molecular formula is C19H15IN2O3. The summed E-state index contributed by atoms with van der Waals surface area (Å²) in [5.41, 5.74) is 4.37. The highest BCUT2D eigenvalue weighted by Crippen LogP contribution is 2.14. The number of hydrogen-bond donors (Lipinski definition) is 1. The van der Waals surface area contributed by atoms with Crippen molar-refractivity contribution < 1.29 is 13.9 Å². The Morgan fingerprint density at radius 1 is 1.12 bits per heavy atom. The molecule has 1 heterocycles. The minimum absolute atomic E-state index is 0.219. The first-order valence-corrected chi connectivity index (χ1v) is 8.63. The minimum atomic E-state index is -0.390. The molecule has 0 spiro atoms. The van der Waals surface area contributed by atoms with Gasteiger partial charge in [0.05, 0.1) is 12.5 Å². The highest BCUT2D eigenvalue weighted by Gasteiger charge is 2.05. The molecule has 2 aromatic carbocycles. The second kappa shape index (κ2) is 8.48. The van der Waals surface area contributed by atoms with E-state index in [1.54, 1.807) is 18.3 Å². The fraction of sp³-hybridized carbons (Fsp3) is 0.0526. The molecule has 0 saturated carbocycles. The standard InChI is InChI=1S/C19H15IN2O3/c20-16-7-3-15(4-8-16)13-25-17-9-5-14(6-10-17)12-21-22-19(23)18-2-1-11-24-18/h1-12H,13H2,(H,22,23)/b21-12+. The van der Waals surface area contributed by atoms with Gasteiger partial charge in [0, 0.05) is 3.57 Å². The molecule has 0 unspecified atom stereocenters. The van der Waals surface area contributed by atoms with Crippen molar-refractivity contribution in [2.45, 2.75) is 6.61 Å². The van der Waals surface area contributed by atoms with Crippen molar-refractivity contribution in [1.82, 2.24) is 5.43 Å². The van der Waals surface area contributed by atoms with Gasteiger partial charge in [0.2, 0.25) is 0 Å². The number of nitrogens with one attached hydrogen (secondary N) is 1. The van der Waals surface area contributed by atoms with E-state index in [2.05, 4.69) is 45.3 Å². The average Bonchev–Trinajstić information content (AvgIpc) is 3.17. The van der Waals surface area contributed by atoms with Crippen molar-refractivity contribution in [3.05, 3.63) is 87.4 Å². The highest BCUT2D eigenvalue weighted by molar-refractivity contribution is 14.1. The largest absolute Gasteiger partial charge is 0.489 e. The molecule has 0 aliphatic rings. The second-order valence-electron chi connectivity index (χ2n) is 5.16. The molecule has 0 fully saturated rings. The van der Waals surface area contributed by atoms with Crippen molar-refractivity contribution in [3.8, 4) is 5.75 Å². The monoisotopic (exact) mass is 446 g/mol. The summed E-state index contributed by atoms with van der Waals surface area (Å²) in [5, 5.41) is 3.90. The van der Waals surface area contributed by atoms with Crippen molar-refractivity contribution in [2.75, 3.05) is 0 Å². The molecule has 0 aliphatic carbocycles. The molecule has 3 aromatic rings. The lowest BCUT2D eigenvalue weighted by atomic mass is 10.2. The Kier molecular flexibility index (Phi) is 5.84. The number of halogens is 1. The van der Waals surface area contributed by atoms with Gasteiger partial charge in [-0.1, -0.05) is 12.1 Å². The predicted octanol–water partition coefficient (Wildman–Crippen LogP) is 4.23. The summed E-state index contributed by atoms with van der Waals surface area (Å²) < 4.78 is 11.9. The van der Waals surface area contributed by atoms with Crippen LogP contribution in [0, 0.1) is 3.57 Å². The van der Waals surface area contributed by atoms with Gasteiger partial charge < -0.3 is 9.15 Å². The molecule has 126 valence electrons. The zero-order valence-corrected chi connectivity index (χ0v) is 15.3. The highest BCUT2D eigenvalue weighted by atomic mass is 127. The van der Waals surface area contributed by atoms with Crippen molar-refractivity contribution in [3.63, 3.8) is 0 Å². The van der Waals surface area contributed by atoms with Gasteiger partial charge in [-0.3, -0.25) is 4.79 Å². The number of hydrazone groups is 1. The summed E-state index contributed by atoms with van der Waals surface area (Å²) >= 11 is 2.27. The topological polar surface area (TPSA) is 63.8 Å². The predicted molar refractivity (Wildman–Crippen MR) is 104 cm³/mol. The smallest absolute Gasteiger partial charge is 0.307 e. The number of amides is 1. The van der Waals surface area contributed by atoms with E-state index in [0.29, 0.717) is 6.61 Å². The molecule has 1 N–H and O–H groups in total. The van der Waals surface area contributed by atoms with Gasteiger partial charge in [0.15, 0.2) is 5.76 Å². The molecule has 0 radical (unpaired) electrons. The van der Waals surface area contributed by atoms with Crippen LogP contribution in [0.2, 0.25) is 0 Å². The fourth-order valence-corrected chi connectivity index (χ4v) is 2.39. The van der Waals surface area contributed by atoms with Crippen LogP contribution < -0.4 is 10.2 Å². The Morgan fingerprint density at radius 3 is 2.56 bits per heavy atom. The number of hydrogen-bond acceptors (Lipinski definition) is 4. The molecule has 0 atom stereocenters. The first kappa shape index (κ1) is 17.2. The molecule has 0 bridgehead atoms. The van der Waals surface area contributed by atoms with Gasteiger partial charge in [-0.05, 0) is 82.2 Å². The summed E-state index contributed by atoms with van der Waals surface area (Å²) in [4.78, 5) is 11.7. The molecule has 5 nitrogen and oxygen atoms in total. The molecule has 0 aliphatic heterocycles. The minimum Gasteiger partial charge on any atom is -0.489 e.